The molecule has 3 aliphatic rings. The fourth-order valence-corrected chi connectivity index (χ4v) is 3.68. The summed E-state index contributed by atoms with van der Waals surface area (Å²) in [5, 5.41) is 4.35. The summed E-state index contributed by atoms with van der Waals surface area (Å²) >= 11 is 0. The molecule has 3 aliphatic heterocycles. The van der Waals surface area contributed by atoms with E-state index < -0.39 is 0 Å². The van der Waals surface area contributed by atoms with Gasteiger partial charge in [0.15, 0.2) is 6.10 Å². The number of rotatable bonds is 1. The normalized spacial score (nSPS) is 32.5. The van der Waals surface area contributed by atoms with E-state index in [1.165, 1.54) is 11.1 Å². The molecule has 0 amide bonds. The van der Waals surface area contributed by atoms with E-state index >= 15 is 0 Å². The first-order valence-electron chi connectivity index (χ1n) is 6.97. The first-order chi connectivity index (χ1) is 9.93. The van der Waals surface area contributed by atoms with Crippen LogP contribution in [-0.4, -0.2) is 11.8 Å². The van der Waals surface area contributed by atoms with E-state index in [4.69, 9.17) is 9.57 Å². The molecule has 0 spiro atoms. The number of benzene rings is 2. The molecule has 2 bridgehead atoms. The Morgan fingerprint density at radius 1 is 0.800 bits per heavy atom. The zero-order chi connectivity index (χ0) is 13.1. The summed E-state index contributed by atoms with van der Waals surface area (Å²) in [4.78, 5) is 5.70. The van der Waals surface area contributed by atoms with Gasteiger partial charge in [-0.05, 0) is 16.7 Å². The van der Waals surface area contributed by atoms with Gasteiger partial charge in [0.25, 0.3) is 0 Å². The van der Waals surface area contributed by atoms with Gasteiger partial charge in [-0.2, -0.15) is 0 Å². The third-order valence-electron chi connectivity index (χ3n) is 4.54. The maximum atomic E-state index is 6.16. The molecule has 0 aliphatic carbocycles. The zero-order valence-electron chi connectivity index (χ0n) is 10.8. The van der Waals surface area contributed by atoms with Crippen molar-refractivity contribution in [2.75, 3.05) is 0 Å². The van der Waals surface area contributed by atoms with Crippen molar-refractivity contribution in [1.82, 2.24) is 0 Å². The lowest BCUT2D eigenvalue weighted by molar-refractivity contribution is -0.00578. The molecule has 5 rings (SSSR count). The minimum absolute atomic E-state index is 0.0325. The highest BCUT2D eigenvalue weighted by molar-refractivity contribution is 6.04. The van der Waals surface area contributed by atoms with Crippen LogP contribution in [-0.2, 0) is 9.57 Å². The van der Waals surface area contributed by atoms with Crippen molar-refractivity contribution in [2.24, 2.45) is 11.1 Å². The molecule has 98 valence electrons. The molecule has 1 fully saturated rings. The third kappa shape index (κ3) is 1.21. The quantitative estimate of drug-likeness (QED) is 0.791. The van der Waals surface area contributed by atoms with Crippen LogP contribution in [0.2, 0.25) is 0 Å². The molecule has 1 saturated heterocycles. The van der Waals surface area contributed by atoms with E-state index in [0.717, 1.165) is 11.3 Å². The van der Waals surface area contributed by atoms with Gasteiger partial charge in [0.2, 0.25) is 0 Å². The molecule has 0 saturated carbocycles. The molecule has 2 aromatic rings. The van der Waals surface area contributed by atoms with Gasteiger partial charge in [-0.3, -0.25) is 0 Å². The van der Waals surface area contributed by atoms with E-state index in [9.17, 15) is 0 Å². The second-order valence-electron chi connectivity index (χ2n) is 5.54. The molecule has 20 heavy (non-hydrogen) atoms. The largest absolute Gasteiger partial charge is 0.388 e. The number of hydrogen-bond donors (Lipinski definition) is 0. The monoisotopic (exact) mass is 263 g/mol. The maximum Gasteiger partial charge on any atom is 0.169 e. The summed E-state index contributed by atoms with van der Waals surface area (Å²) in [5.41, 5.74) is 4.72. The minimum Gasteiger partial charge on any atom is -0.388 e. The van der Waals surface area contributed by atoms with Gasteiger partial charge >= 0.3 is 0 Å². The molecular formula is C17H13NO2. The summed E-state index contributed by atoms with van der Waals surface area (Å²) in [5.74, 6) is 0.220. The molecule has 0 N–H and O–H groups in total. The van der Waals surface area contributed by atoms with Gasteiger partial charge in [-0.15, -0.1) is 0 Å². The molecular weight excluding hydrogens is 250 g/mol. The lowest BCUT2D eigenvalue weighted by Crippen LogP contribution is -2.29. The van der Waals surface area contributed by atoms with Crippen molar-refractivity contribution < 1.29 is 9.57 Å². The van der Waals surface area contributed by atoms with Gasteiger partial charge in [-0.25, -0.2) is 0 Å². The first kappa shape index (κ1) is 10.6. The van der Waals surface area contributed by atoms with Crippen LogP contribution in [0, 0.1) is 5.92 Å². The fourth-order valence-electron chi connectivity index (χ4n) is 3.68. The van der Waals surface area contributed by atoms with Crippen LogP contribution in [0.25, 0.3) is 0 Å². The van der Waals surface area contributed by atoms with Crippen LogP contribution >= 0.6 is 0 Å². The lowest BCUT2D eigenvalue weighted by Gasteiger charge is -2.22. The molecule has 3 nitrogen and oxygen atoms in total. The summed E-state index contributed by atoms with van der Waals surface area (Å²) in [7, 11) is 0. The van der Waals surface area contributed by atoms with Crippen LogP contribution in [0.15, 0.2) is 59.8 Å². The Kier molecular flexibility index (Phi) is 1.97. The Labute approximate surface area is 116 Å². The summed E-state index contributed by atoms with van der Waals surface area (Å²) in [6.07, 6.45) is 0.152. The number of fused-ring (bicyclic) bond motifs is 8. The van der Waals surface area contributed by atoms with E-state index in [1.807, 2.05) is 18.2 Å². The van der Waals surface area contributed by atoms with Gasteiger partial charge in [0, 0.05) is 0 Å². The van der Waals surface area contributed by atoms with Gasteiger partial charge in [0.05, 0.1) is 17.7 Å². The Morgan fingerprint density at radius 2 is 1.50 bits per heavy atom. The van der Waals surface area contributed by atoms with Crippen LogP contribution in [0.1, 0.15) is 28.9 Å². The summed E-state index contributed by atoms with van der Waals surface area (Å²) in [6, 6.07) is 18.7. The van der Waals surface area contributed by atoms with E-state index in [-0.39, 0.29) is 24.2 Å². The number of oxime groups is 1. The average molecular weight is 263 g/mol. The number of hydrogen-bond acceptors (Lipinski definition) is 3. The second-order valence-corrected chi connectivity index (χ2v) is 5.54. The van der Waals surface area contributed by atoms with Crippen molar-refractivity contribution in [3.8, 4) is 0 Å². The number of nitrogens with zero attached hydrogens (tertiary/aromatic N) is 1. The smallest absolute Gasteiger partial charge is 0.169 e. The Bertz CT molecular complexity index is 710. The highest BCUT2D eigenvalue weighted by Crippen LogP contribution is 2.57. The van der Waals surface area contributed by atoms with Crippen molar-refractivity contribution in [3.63, 3.8) is 0 Å². The molecule has 3 heterocycles. The van der Waals surface area contributed by atoms with E-state index in [1.54, 1.807) is 0 Å². The molecule has 0 aromatic heterocycles. The van der Waals surface area contributed by atoms with E-state index in [2.05, 4.69) is 41.6 Å². The molecule has 4 atom stereocenters. The van der Waals surface area contributed by atoms with Crippen LogP contribution in [0.5, 0.6) is 0 Å². The summed E-state index contributed by atoms with van der Waals surface area (Å²) < 4.78 is 6.16. The Balaban J connectivity index is 1.61. The van der Waals surface area contributed by atoms with Crippen molar-refractivity contribution in [2.45, 2.75) is 18.3 Å². The fraction of sp³-hybridized carbons (Fsp3) is 0.235. The SMILES string of the molecule is c1ccc(C2=NOC3C4OC(c5ccccc54)C23)cc1. The number of ether oxygens (including phenoxy) is 1. The predicted molar refractivity (Wildman–Crippen MR) is 74.4 cm³/mol. The van der Waals surface area contributed by atoms with Crippen molar-refractivity contribution in [3.05, 3.63) is 71.3 Å². The van der Waals surface area contributed by atoms with Crippen molar-refractivity contribution in [1.29, 1.82) is 0 Å². The van der Waals surface area contributed by atoms with Crippen LogP contribution in [0.3, 0.4) is 0 Å². The van der Waals surface area contributed by atoms with Gasteiger partial charge in [0.1, 0.15) is 6.10 Å². The third-order valence-corrected chi connectivity index (χ3v) is 4.54. The van der Waals surface area contributed by atoms with Gasteiger partial charge < -0.3 is 9.57 Å². The zero-order valence-corrected chi connectivity index (χ0v) is 10.8. The predicted octanol–water partition coefficient (Wildman–Crippen LogP) is 3.23. The van der Waals surface area contributed by atoms with Gasteiger partial charge in [-0.1, -0.05) is 59.8 Å². The summed E-state index contributed by atoms with van der Waals surface area (Å²) in [6.45, 7) is 0. The molecule has 3 heteroatoms. The minimum atomic E-state index is 0.0325. The van der Waals surface area contributed by atoms with Crippen molar-refractivity contribution >= 4 is 5.71 Å². The standard InChI is InChI=1S/C17H13NO2/c1-2-6-10(7-3-1)14-13-15-11-8-4-5-9-12(11)16(19-15)17(13)20-18-14/h1-9,13,15-17H. The van der Waals surface area contributed by atoms with Crippen LogP contribution in [0.4, 0.5) is 0 Å². The molecule has 0 radical (unpaired) electrons. The first-order valence-corrected chi connectivity index (χ1v) is 6.97. The molecule has 2 aromatic carbocycles. The van der Waals surface area contributed by atoms with E-state index in [0.29, 0.717) is 0 Å². The second kappa shape index (κ2) is 3.70. The highest BCUT2D eigenvalue weighted by Gasteiger charge is 2.58. The highest BCUT2D eigenvalue weighted by atomic mass is 16.7. The average Bonchev–Trinajstić information content (AvgIpc) is 3.18. The molecule has 4 unspecified atom stereocenters. The maximum absolute atomic E-state index is 6.16. The Hall–Kier alpha value is -2.13. The Morgan fingerprint density at radius 3 is 2.30 bits per heavy atom. The lowest BCUT2D eigenvalue weighted by atomic mass is 9.78. The topological polar surface area (TPSA) is 30.8 Å². The van der Waals surface area contributed by atoms with Crippen LogP contribution < -0.4 is 0 Å².